The highest BCUT2D eigenvalue weighted by Gasteiger charge is 1.98. The van der Waals surface area contributed by atoms with E-state index in [0.29, 0.717) is 11.3 Å². The van der Waals surface area contributed by atoms with E-state index in [9.17, 15) is 4.79 Å². The zero-order valence-electron chi connectivity index (χ0n) is 7.32. The highest BCUT2D eigenvalue weighted by atomic mass is 16.1. The van der Waals surface area contributed by atoms with E-state index >= 15 is 0 Å². The summed E-state index contributed by atoms with van der Waals surface area (Å²) >= 11 is 0. The third-order valence-electron chi connectivity index (χ3n) is 1.48. The number of nitrogens with two attached hydrogens (primary N) is 2. The lowest BCUT2D eigenvalue weighted by Gasteiger charge is -1.99. The molecule has 1 aromatic rings. The Morgan fingerprint density at radius 3 is 2.31 bits per heavy atom. The van der Waals surface area contributed by atoms with Crippen LogP contribution in [0.2, 0.25) is 0 Å². The molecule has 68 valence electrons. The standard InChI is InChI=1S/C9H11N3O/c1-6(13)12-9(11)7-2-4-8(10)5-3-7/h2-5H,10H2,1H3,(H2,11,12,13). The second-order valence-corrected chi connectivity index (χ2v) is 2.64. The topological polar surface area (TPSA) is 81.5 Å². The number of amidine groups is 1. The second-order valence-electron chi connectivity index (χ2n) is 2.64. The number of carbonyl (C=O) groups excluding carboxylic acids is 1. The molecule has 0 fully saturated rings. The van der Waals surface area contributed by atoms with Crippen LogP contribution in [0.1, 0.15) is 12.5 Å². The molecule has 0 unspecified atom stereocenters. The van der Waals surface area contributed by atoms with Gasteiger partial charge >= 0.3 is 0 Å². The van der Waals surface area contributed by atoms with Gasteiger partial charge in [0.25, 0.3) is 0 Å². The van der Waals surface area contributed by atoms with Gasteiger partial charge in [0.05, 0.1) is 0 Å². The number of aliphatic imine (C=N–C) groups is 1. The molecular formula is C9H11N3O. The van der Waals surface area contributed by atoms with Crippen molar-refractivity contribution < 1.29 is 4.79 Å². The van der Waals surface area contributed by atoms with Crippen molar-refractivity contribution in [1.29, 1.82) is 0 Å². The predicted octanol–water partition coefficient (Wildman–Crippen LogP) is 0.521. The van der Waals surface area contributed by atoms with Crippen molar-refractivity contribution in [2.45, 2.75) is 6.92 Å². The fraction of sp³-hybridized carbons (Fsp3) is 0.111. The van der Waals surface area contributed by atoms with Gasteiger partial charge < -0.3 is 11.5 Å². The molecule has 0 spiro atoms. The van der Waals surface area contributed by atoms with E-state index in [1.807, 2.05) is 0 Å². The summed E-state index contributed by atoms with van der Waals surface area (Å²) in [5, 5.41) is 0. The smallest absolute Gasteiger partial charge is 0.244 e. The van der Waals surface area contributed by atoms with Crippen LogP contribution in [-0.4, -0.2) is 11.7 Å². The Morgan fingerprint density at radius 1 is 1.31 bits per heavy atom. The van der Waals surface area contributed by atoms with Crippen molar-refractivity contribution >= 4 is 17.4 Å². The number of rotatable bonds is 1. The molecule has 0 aliphatic carbocycles. The monoisotopic (exact) mass is 177 g/mol. The molecule has 4 nitrogen and oxygen atoms in total. The first-order valence-electron chi connectivity index (χ1n) is 3.80. The molecule has 0 radical (unpaired) electrons. The molecule has 0 aromatic heterocycles. The number of nitrogens with zero attached hydrogens (tertiary/aromatic N) is 1. The minimum atomic E-state index is -0.311. The molecule has 4 heteroatoms. The predicted molar refractivity (Wildman–Crippen MR) is 52.3 cm³/mol. The number of nitrogen functional groups attached to an aromatic ring is 1. The Hall–Kier alpha value is -1.84. The third kappa shape index (κ3) is 2.59. The maximum absolute atomic E-state index is 10.6. The van der Waals surface area contributed by atoms with Crippen molar-refractivity contribution in [2.75, 3.05) is 5.73 Å². The van der Waals surface area contributed by atoms with E-state index < -0.39 is 0 Å². The van der Waals surface area contributed by atoms with Crippen LogP contribution in [0.3, 0.4) is 0 Å². The first-order valence-corrected chi connectivity index (χ1v) is 3.80. The Morgan fingerprint density at radius 2 is 1.85 bits per heavy atom. The molecule has 0 aliphatic heterocycles. The lowest BCUT2D eigenvalue weighted by atomic mass is 10.2. The van der Waals surface area contributed by atoms with E-state index in [2.05, 4.69) is 4.99 Å². The summed E-state index contributed by atoms with van der Waals surface area (Å²) in [6, 6.07) is 6.85. The van der Waals surface area contributed by atoms with Gasteiger partial charge in [-0.15, -0.1) is 0 Å². The summed E-state index contributed by atoms with van der Waals surface area (Å²) in [5.41, 5.74) is 12.4. The average Bonchev–Trinajstić information content (AvgIpc) is 2.04. The van der Waals surface area contributed by atoms with Crippen molar-refractivity contribution in [3.05, 3.63) is 29.8 Å². The fourth-order valence-electron chi connectivity index (χ4n) is 0.888. The van der Waals surface area contributed by atoms with Crippen LogP contribution >= 0.6 is 0 Å². The molecular weight excluding hydrogens is 166 g/mol. The summed E-state index contributed by atoms with van der Waals surface area (Å²) in [5.74, 6) is -0.0955. The number of hydrogen-bond acceptors (Lipinski definition) is 2. The van der Waals surface area contributed by atoms with Crippen LogP contribution in [-0.2, 0) is 4.79 Å². The van der Waals surface area contributed by atoms with E-state index in [1.54, 1.807) is 24.3 Å². The lowest BCUT2D eigenvalue weighted by Crippen LogP contribution is -2.14. The van der Waals surface area contributed by atoms with Crippen LogP contribution < -0.4 is 11.5 Å². The summed E-state index contributed by atoms with van der Waals surface area (Å²) in [6.07, 6.45) is 0. The zero-order chi connectivity index (χ0) is 9.84. The summed E-state index contributed by atoms with van der Waals surface area (Å²) < 4.78 is 0. The molecule has 0 heterocycles. The van der Waals surface area contributed by atoms with Crippen LogP contribution in [0.5, 0.6) is 0 Å². The Balaban J connectivity index is 2.96. The zero-order valence-corrected chi connectivity index (χ0v) is 7.32. The van der Waals surface area contributed by atoms with Gasteiger partial charge in [0.15, 0.2) is 0 Å². The third-order valence-corrected chi connectivity index (χ3v) is 1.48. The van der Waals surface area contributed by atoms with Crippen LogP contribution in [0.15, 0.2) is 29.3 Å². The highest BCUT2D eigenvalue weighted by molar-refractivity contribution is 6.03. The molecule has 0 saturated heterocycles. The number of benzene rings is 1. The quantitative estimate of drug-likeness (QED) is 0.373. The Bertz CT molecular complexity index is 340. The molecule has 0 atom stereocenters. The van der Waals surface area contributed by atoms with E-state index in [1.165, 1.54) is 6.92 Å². The van der Waals surface area contributed by atoms with Crippen LogP contribution in [0.25, 0.3) is 0 Å². The number of anilines is 1. The fourth-order valence-corrected chi connectivity index (χ4v) is 0.888. The van der Waals surface area contributed by atoms with Gasteiger partial charge in [-0.3, -0.25) is 4.79 Å². The summed E-state index contributed by atoms with van der Waals surface area (Å²) in [6.45, 7) is 1.35. The molecule has 4 N–H and O–H groups in total. The van der Waals surface area contributed by atoms with E-state index in [4.69, 9.17) is 11.5 Å². The minimum absolute atomic E-state index is 0.215. The van der Waals surface area contributed by atoms with Crippen LogP contribution in [0.4, 0.5) is 5.69 Å². The first kappa shape index (κ1) is 9.25. The summed E-state index contributed by atoms with van der Waals surface area (Å²) in [7, 11) is 0. The van der Waals surface area contributed by atoms with Crippen molar-refractivity contribution in [1.82, 2.24) is 0 Å². The molecule has 1 rings (SSSR count). The Labute approximate surface area is 76.3 Å². The normalized spacial score (nSPS) is 11.3. The van der Waals surface area contributed by atoms with Gasteiger partial charge in [0, 0.05) is 18.2 Å². The number of hydrogen-bond donors (Lipinski definition) is 2. The van der Waals surface area contributed by atoms with E-state index in [-0.39, 0.29) is 11.7 Å². The van der Waals surface area contributed by atoms with Gasteiger partial charge in [0.2, 0.25) is 5.91 Å². The maximum atomic E-state index is 10.6. The molecule has 0 aliphatic rings. The molecule has 0 saturated carbocycles. The maximum Gasteiger partial charge on any atom is 0.244 e. The van der Waals surface area contributed by atoms with Crippen molar-refractivity contribution in [3.8, 4) is 0 Å². The van der Waals surface area contributed by atoms with Gasteiger partial charge in [-0.05, 0) is 24.3 Å². The van der Waals surface area contributed by atoms with Gasteiger partial charge in [-0.25, -0.2) is 0 Å². The summed E-state index contributed by atoms with van der Waals surface area (Å²) in [4.78, 5) is 14.2. The molecule has 1 amide bonds. The van der Waals surface area contributed by atoms with Gasteiger partial charge in [-0.1, -0.05) is 0 Å². The molecule has 13 heavy (non-hydrogen) atoms. The SMILES string of the molecule is CC(=O)/N=C(\N)c1ccc(N)cc1. The minimum Gasteiger partial charge on any atom is -0.399 e. The highest BCUT2D eigenvalue weighted by Crippen LogP contribution is 2.04. The molecule has 1 aromatic carbocycles. The van der Waals surface area contributed by atoms with Gasteiger partial charge in [0.1, 0.15) is 5.84 Å². The van der Waals surface area contributed by atoms with Crippen LogP contribution in [0, 0.1) is 0 Å². The Kier molecular flexibility index (Phi) is 2.64. The average molecular weight is 177 g/mol. The second kappa shape index (κ2) is 3.71. The van der Waals surface area contributed by atoms with E-state index in [0.717, 1.165) is 0 Å². The number of carbonyl (C=O) groups is 1. The first-order chi connectivity index (χ1) is 6.09. The number of amides is 1. The molecule has 0 bridgehead atoms. The lowest BCUT2D eigenvalue weighted by molar-refractivity contribution is -0.115. The largest absolute Gasteiger partial charge is 0.399 e. The van der Waals surface area contributed by atoms with Crippen molar-refractivity contribution in [3.63, 3.8) is 0 Å². The van der Waals surface area contributed by atoms with Crippen molar-refractivity contribution in [2.24, 2.45) is 10.7 Å². The van der Waals surface area contributed by atoms with Gasteiger partial charge in [-0.2, -0.15) is 4.99 Å².